The minimum atomic E-state index is -0.760. The molecule has 0 aliphatic rings. The van der Waals surface area contributed by atoms with E-state index < -0.39 is 5.97 Å². The molecule has 4 heteroatoms. The minimum Gasteiger partial charge on any atom is -0.481 e. The third-order valence-electron chi connectivity index (χ3n) is 1.97. The number of carboxylic acids is 1. The number of hydrogen-bond acceptors (Lipinski definition) is 2. The molecule has 1 atom stereocenters. The highest BCUT2D eigenvalue weighted by Gasteiger charge is 2.12. The molecule has 0 saturated heterocycles. The van der Waals surface area contributed by atoms with E-state index in [0.717, 1.165) is 12.1 Å². The van der Waals surface area contributed by atoms with Gasteiger partial charge in [0, 0.05) is 12.7 Å². The van der Waals surface area contributed by atoms with Crippen molar-refractivity contribution >= 4 is 5.97 Å². The van der Waals surface area contributed by atoms with Crippen LogP contribution in [-0.2, 0) is 17.8 Å². The maximum Gasteiger partial charge on any atom is 0.306 e. The molecule has 1 rings (SSSR count). The lowest BCUT2D eigenvalue weighted by atomic mass is 10.0. The first-order valence-corrected chi connectivity index (χ1v) is 4.37. The Kier molecular flexibility index (Phi) is 3.06. The van der Waals surface area contributed by atoms with Crippen molar-refractivity contribution in [3.05, 3.63) is 18.0 Å². The van der Waals surface area contributed by atoms with Crippen LogP contribution >= 0.6 is 0 Å². The van der Waals surface area contributed by atoms with Crippen molar-refractivity contribution in [1.29, 1.82) is 0 Å². The van der Waals surface area contributed by atoms with Crippen molar-refractivity contribution in [1.82, 2.24) is 9.78 Å². The van der Waals surface area contributed by atoms with Gasteiger partial charge in [-0.2, -0.15) is 5.10 Å². The van der Waals surface area contributed by atoms with Gasteiger partial charge < -0.3 is 5.11 Å². The highest BCUT2D eigenvalue weighted by atomic mass is 16.4. The monoisotopic (exact) mass is 182 g/mol. The molecular weight excluding hydrogens is 168 g/mol. The number of carboxylic acid groups (broad SMARTS) is 1. The molecule has 0 fully saturated rings. The lowest BCUT2D eigenvalue weighted by Gasteiger charge is -2.01. The van der Waals surface area contributed by atoms with Crippen LogP contribution in [0, 0.1) is 5.92 Å². The SMILES string of the molecule is CCn1cc(CC(C)C(=O)O)cn1. The van der Waals surface area contributed by atoms with Gasteiger partial charge in [0.05, 0.1) is 12.1 Å². The van der Waals surface area contributed by atoms with Gasteiger partial charge in [0.15, 0.2) is 0 Å². The van der Waals surface area contributed by atoms with E-state index in [-0.39, 0.29) is 5.92 Å². The van der Waals surface area contributed by atoms with E-state index in [2.05, 4.69) is 5.10 Å². The Morgan fingerprint density at radius 2 is 2.46 bits per heavy atom. The number of aromatic nitrogens is 2. The van der Waals surface area contributed by atoms with Crippen LogP contribution in [0.15, 0.2) is 12.4 Å². The molecule has 0 aliphatic carbocycles. The topological polar surface area (TPSA) is 55.1 Å². The zero-order valence-electron chi connectivity index (χ0n) is 7.90. The van der Waals surface area contributed by atoms with Crippen LogP contribution in [0.3, 0.4) is 0 Å². The van der Waals surface area contributed by atoms with Crippen molar-refractivity contribution in [2.75, 3.05) is 0 Å². The van der Waals surface area contributed by atoms with Crippen LogP contribution < -0.4 is 0 Å². The van der Waals surface area contributed by atoms with Gasteiger partial charge in [0.2, 0.25) is 0 Å². The van der Waals surface area contributed by atoms with Crippen LogP contribution in [0.25, 0.3) is 0 Å². The summed E-state index contributed by atoms with van der Waals surface area (Å²) in [5.41, 5.74) is 0.983. The van der Waals surface area contributed by atoms with Gasteiger partial charge in [0.1, 0.15) is 0 Å². The molecule has 0 radical (unpaired) electrons. The predicted molar refractivity (Wildman–Crippen MR) is 48.4 cm³/mol. The van der Waals surface area contributed by atoms with Gasteiger partial charge in [0.25, 0.3) is 0 Å². The molecule has 1 N–H and O–H groups in total. The van der Waals surface area contributed by atoms with Crippen LogP contribution in [0.1, 0.15) is 19.4 Å². The van der Waals surface area contributed by atoms with E-state index in [9.17, 15) is 4.79 Å². The third kappa shape index (κ3) is 2.57. The Balaban J connectivity index is 2.58. The highest BCUT2D eigenvalue weighted by Crippen LogP contribution is 2.07. The molecule has 13 heavy (non-hydrogen) atoms. The fourth-order valence-corrected chi connectivity index (χ4v) is 1.13. The number of rotatable bonds is 4. The zero-order valence-corrected chi connectivity index (χ0v) is 7.90. The molecule has 1 heterocycles. The van der Waals surface area contributed by atoms with E-state index in [4.69, 9.17) is 5.11 Å². The van der Waals surface area contributed by atoms with Crippen LogP contribution in [-0.4, -0.2) is 20.9 Å². The Labute approximate surface area is 77.2 Å². The van der Waals surface area contributed by atoms with Crippen molar-refractivity contribution < 1.29 is 9.90 Å². The fraction of sp³-hybridized carbons (Fsp3) is 0.556. The summed E-state index contributed by atoms with van der Waals surface area (Å²) in [5.74, 6) is -1.10. The molecule has 0 amide bonds. The summed E-state index contributed by atoms with van der Waals surface area (Å²) in [6.45, 7) is 4.52. The van der Waals surface area contributed by atoms with Crippen molar-refractivity contribution in [3.63, 3.8) is 0 Å². The predicted octanol–water partition coefficient (Wildman–Crippen LogP) is 1.17. The molecule has 0 bridgehead atoms. The third-order valence-corrected chi connectivity index (χ3v) is 1.97. The molecular formula is C9H14N2O2. The summed E-state index contributed by atoms with van der Waals surface area (Å²) in [7, 11) is 0. The van der Waals surface area contributed by atoms with Crippen molar-refractivity contribution in [3.8, 4) is 0 Å². The number of nitrogens with zero attached hydrogens (tertiary/aromatic N) is 2. The van der Waals surface area contributed by atoms with Gasteiger partial charge in [-0.1, -0.05) is 6.92 Å². The van der Waals surface area contributed by atoms with E-state index in [1.807, 2.05) is 13.1 Å². The Morgan fingerprint density at radius 3 is 2.92 bits per heavy atom. The molecule has 0 saturated carbocycles. The fourth-order valence-electron chi connectivity index (χ4n) is 1.13. The van der Waals surface area contributed by atoms with Gasteiger partial charge in [-0.25, -0.2) is 0 Å². The minimum absolute atomic E-state index is 0.338. The number of carbonyl (C=O) groups is 1. The van der Waals surface area contributed by atoms with E-state index in [0.29, 0.717) is 6.42 Å². The lowest BCUT2D eigenvalue weighted by molar-refractivity contribution is -0.141. The second kappa shape index (κ2) is 4.07. The van der Waals surface area contributed by atoms with Crippen molar-refractivity contribution in [2.24, 2.45) is 5.92 Å². The van der Waals surface area contributed by atoms with Gasteiger partial charge in [-0.15, -0.1) is 0 Å². The van der Waals surface area contributed by atoms with Gasteiger partial charge in [-0.05, 0) is 18.9 Å². The van der Waals surface area contributed by atoms with Gasteiger partial charge >= 0.3 is 5.97 Å². The first kappa shape index (κ1) is 9.77. The van der Waals surface area contributed by atoms with Crippen LogP contribution in [0.4, 0.5) is 0 Å². The van der Waals surface area contributed by atoms with Crippen molar-refractivity contribution in [2.45, 2.75) is 26.8 Å². The molecule has 1 aromatic heterocycles. The normalized spacial score (nSPS) is 12.8. The lowest BCUT2D eigenvalue weighted by Crippen LogP contribution is -2.11. The molecule has 1 unspecified atom stereocenters. The first-order valence-electron chi connectivity index (χ1n) is 4.37. The van der Waals surface area contributed by atoms with E-state index in [1.165, 1.54) is 0 Å². The molecule has 1 aromatic rings. The molecule has 4 nitrogen and oxygen atoms in total. The largest absolute Gasteiger partial charge is 0.481 e. The quantitative estimate of drug-likeness (QED) is 0.760. The van der Waals surface area contributed by atoms with Gasteiger partial charge in [-0.3, -0.25) is 9.48 Å². The summed E-state index contributed by atoms with van der Waals surface area (Å²) in [4.78, 5) is 10.6. The Hall–Kier alpha value is -1.32. The standard InChI is InChI=1S/C9H14N2O2/c1-3-11-6-8(5-10-11)4-7(2)9(12)13/h5-7H,3-4H2,1-2H3,(H,12,13). The summed E-state index contributed by atoms with van der Waals surface area (Å²) in [6, 6.07) is 0. The average molecular weight is 182 g/mol. The first-order chi connectivity index (χ1) is 6.13. The second-order valence-corrected chi connectivity index (χ2v) is 3.15. The maximum atomic E-state index is 10.6. The molecule has 0 aliphatic heterocycles. The van der Waals surface area contributed by atoms with E-state index >= 15 is 0 Å². The highest BCUT2D eigenvalue weighted by molar-refractivity contribution is 5.69. The Bertz CT molecular complexity index is 294. The smallest absolute Gasteiger partial charge is 0.306 e. The van der Waals surface area contributed by atoms with Crippen LogP contribution in [0.5, 0.6) is 0 Å². The summed E-state index contributed by atoms with van der Waals surface area (Å²) < 4.78 is 1.80. The number of aryl methyl sites for hydroxylation is 1. The van der Waals surface area contributed by atoms with Crippen LogP contribution in [0.2, 0.25) is 0 Å². The molecule has 72 valence electrons. The maximum absolute atomic E-state index is 10.6. The van der Waals surface area contributed by atoms with E-state index in [1.54, 1.807) is 17.8 Å². The summed E-state index contributed by atoms with van der Waals surface area (Å²) in [6.07, 6.45) is 4.16. The summed E-state index contributed by atoms with van der Waals surface area (Å²) in [5, 5.41) is 12.8. The number of aliphatic carboxylic acids is 1. The Morgan fingerprint density at radius 1 is 1.77 bits per heavy atom. The molecule has 0 aromatic carbocycles. The summed E-state index contributed by atoms with van der Waals surface area (Å²) >= 11 is 0. The average Bonchev–Trinajstić information content (AvgIpc) is 2.52. The molecule has 0 spiro atoms. The second-order valence-electron chi connectivity index (χ2n) is 3.15. The zero-order chi connectivity index (χ0) is 9.84. The number of hydrogen-bond donors (Lipinski definition) is 1.